The van der Waals surface area contributed by atoms with E-state index in [-0.39, 0.29) is 11.6 Å². The normalized spacial score (nSPS) is 10.7. The van der Waals surface area contributed by atoms with Gasteiger partial charge in [0.15, 0.2) is 6.29 Å². The molecule has 23 heavy (non-hydrogen) atoms. The number of amides is 1. The molecule has 0 aliphatic rings. The van der Waals surface area contributed by atoms with Crippen molar-refractivity contribution < 1.29 is 19.2 Å². The third-order valence-corrected chi connectivity index (χ3v) is 3.03. The van der Waals surface area contributed by atoms with Gasteiger partial charge in [-0.1, -0.05) is 0 Å². The zero-order chi connectivity index (χ0) is 17.1. The molecule has 0 aliphatic carbocycles. The Bertz CT molecular complexity index is 486. The second kappa shape index (κ2) is 10.6. The van der Waals surface area contributed by atoms with E-state index in [9.17, 15) is 14.9 Å². The molecule has 1 aromatic rings. The Morgan fingerprint density at radius 1 is 1.35 bits per heavy atom. The zero-order valence-corrected chi connectivity index (χ0v) is 13.5. The minimum atomic E-state index is -0.489. The number of aromatic nitrogens is 1. The molecule has 0 bridgehead atoms. The lowest BCUT2D eigenvalue weighted by molar-refractivity contribution is -0.385. The zero-order valence-electron chi connectivity index (χ0n) is 13.5. The lowest BCUT2D eigenvalue weighted by Crippen LogP contribution is -2.35. The first kappa shape index (κ1) is 19.0. The number of ether oxygens (including phenoxy) is 2. The molecule has 0 fully saturated rings. The van der Waals surface area contributed by atoms with Crippen molar-refractivity contribution in [2.45, 2.75) is 39.4 Å². The van der Waals surface area contributed by atoms with E-state index in [0.29, 0.717) is 39.0 Å². The summed E-state index contributed by atoms with van der Waals surface area (Å²) in [4.78, 5) is 25.8. The molecule has 0 atom stereocenters. The van der Waals surface area contributed by atoms with Gasteiger partial charge in [0.25, 0.3) is 5.69 Å². The van der Waals surface area contributed by atoms with Crippen molar-refractivity contribution in [3.8, 4) is 0 Å². The first-order chi connectivity index (χ1) is 11.1. The lowest BCUT2D eigenvalue weighted by atomic mass is 10.1. The van der Waals surface area contributed by atoms with Crippen LogP contribution in [0.3, 0.4) is 0 Å². The maximum atomic E-state index is 11.8. The summed E-state index contributed by atoms with van der Waals surface area (Å²) in [5, 5.41) is 13.3. The van der Waals surface area contributed by atoms with Gasteiger partial charge in [0.05, 0.1) is 11.5 Å². The second-order valence-electron chi connectivity index (χ2n) is 4.76. The maximum absolute atomic E-state index is 11.8. The Labute approximate surface area is 135 Å². The highest BCUT2D eigenvalue weighted by molar-refractivity contribution is 5.75. The Kier molecular flexibility index (Phi) is 8.78. The molecule has 8 heteroatoms. The summed E-state index contributed by atoms with van der Waals surface area (Å²) in [5.74, 6) is -0.0867. The fraction of sp³-hybridized carbons (Fsp3) is 0.600. The van der Waals surface area contributed by atoms with Crippen LogP contribution >= 0.6 is 0 Å². The van der Waals surface area contributed by atoms with Crippen LogP contribution in [0.15, 0.2) is 18.3 Å². The molecule has 0 saturated heterocycles. The molecule has 1 heterocycles. The molecule has 1 N–H and O–H groups in total. The Morgan fingerprint density at radius 3 is 2.57 bits per heavy atom. The number of carbonyl (C=O) groups is 1. The van der Waals surface area contributed by atoms with Gasteiger partial charge in [-0.15, -0.1) is 0 Å². The quantitative estimate of drug-likeness (QED) is 0.378. The highest BCUT2D eigenvalue weighted by atomic mass is 16.7. The summed E-state index contributed by atoms with van der Waals surface area (Å²) in [5.41, 5.74) is 0.689. The molecule has 8 nitrogen and oxygen atoms in total. The Hall–Kier alpha value is -2.06. The predicted octanol–water partition coefficient (Wildman–Crippen LogP) is 1.83. The van der Waals surface area contributed by atoms with Crippen molar-refractivity contribution in [3.63, 3.8) is 0 Å². The summed E-state index contributed by atoms with van der Waals surface area (Å²) in [7, 11) is 0. The van der Waals surface area contributed by atoms with Crippen LogP contribution in [0.2, 0.25) is 0 Å². The topological polar surface area (TPSA) is 104 Å². The monoisotopic (exact) mass is 325 g/mol. The smallest absolute Gasteiger partial charge is 0.287 e. The van der Waals surface area contributed by atoms with Crippen LogP contribution in [0.5, 0.6) is 0 Å². The third-order valence-electron chi connectivity index (χ3n) is 3.03. The van der Waals surface area contributed by atoms with Crippen molar-refractivity contribution >= 4 is 11.6 Å². The number of aryl methyl sites for hydroxylation is 1. The van der Waals surface area contributed by atoms with E-state index in [0.717, 1.165) is 5.69 Å². The van der Waals surface area contributed by atoms with Gasteiger partial charge < -0.3 is 14.8 Å². The van der Waals surface area contributed by atoms with E-state index in [1.807, 2.05) is 13.8 Å². The molecule has 1 aromatic heterocycles. The standard InChI is InChI=1S/C15H23N3O5/c1-3-22-15(23-4-2)11-17-14(19)7-5-6-12-8-9-13(10-16-12)18(20)21/h8-10,15H,3-7,11H2,1-2H3,(H,17,19). The number of nitrogens with one attached hydrogen (secondary N) is 1. The van der Waals surface area contributed by atoms with E-state index < -0.39 is 11.2 Å². The number of pyridine rings is 1. The van der Waals surface area contributed by atoms with Crippen LogP contribution in [0, 0.1) is 10.1 Å². The fourth-order valence-electron chi connectivity index (χ4n) is 1.93. The maximum Gasteiger partial charge on any atom is 0.287 e. The fourth-order valence-corrected chi connectivity index (χ4v) is 1.93. The average molecular weight is 325 g/mol. The molecule has 0 spiro atoms. The van der Waals surface area contributed by atoms with Gasteiger partial charge in [0.1, 0.15) is 6.20 Å². The Balaban J connectivity index is 2.26. The molecule has 0 aliphatic heterocycles. The van der Waals surface area contributed by atoms with Crippen LogP contribution in [0.25, 0.3) is 0 Å². The number of rotatable bonds is 11. The first-order valence-corrected chi connectivity index (χ1v) is 7.66. The molecule has 0 radical (unpaired) electrons. The van der Waals surface area contributed by atoms with E-state index in [4.69, 9.17) is 9.47 Å². The molecule has 128 valence electrons. The highest BCUT2D eigenvalue weighted by Gasteiger charge is 2.10. The van der Waals surface area contributed by atoms with E-state index in [2.05, 4.69) is 10.3 Å². The van der Waals surface area contributed by atoms with Crippen LogP contribution in [-0.2, 0) is 20.7 Å². The molecule has 0 saturated carbocycles. The number of nitro groups is 1. The van der Waals surface area contributed by atoms with Gasteiger partial charge in [-0.3, -0.25) is 19.9 Å². The predicted molar refractivity (Wildman–Crippen MR) is 83.9 cm³/mol. The summed E-state index contributed by atoms with van der Waals surface area (Å²) in [6.07, 6.45) is 2.36. The summed E-state index contributed by atoms with van der Waals surface area (Å²) < 4.78 is 10.7. The molecule has 1 rings (SSSR count). The van der Waals surface area contributed by atoms with Gasteiger partial charge in [-0.2, -0.15) is 0 Å². The SMILES string of the molecule is CCOC(CNC(=O)CCCc1ccc([N+](=O)[O-])cn1)OCC. The average Bonchev–Trinajstić information content (AvgIpc) is 2.53. The van der Waals surface area contributed by atoms with Gasteiger partial charge in [-0.25, -0.2) is 0 Å². The third kappa shape index (κ3) is 7.66. The molecular formula is C15H23N3O5. The van der Waals surface area contributed by atoms with Crippen molar-refractivity contribution in [1.82, 2.24) is 10.3 Å². The number of hydrogen-bond acceptors (Lipinski definition) is 6. The van der Waals surface area contributed by atoms with Gasteiger partial charge >= 0.3 is 0 Å². The van der Waals surface area contributed by atoms with Crippen molar-refractivity contribution in [1.29, 1.82) is 0 Å². The Morgan fingerprint density at radius 2 is 2.04 bits per heavy atom. The van der Waals surface area contributed by atoms with Crippen molar-refractivity contribution in [2.75, 3.05) is 19.8 Å². The van der Waals surface area contributed by atoms with Crippen LogP contribution in [0.1, 0.15) is 32.4 Å². The van der Waals surface area contributed by atoms with Crippen LogP contribution < -0.4 is 5.32 Å². The minimum absolute atomic E-state index is 0.0376. The molecule has 1 amide bonds. The first-order valence-electron chi connectivity index (χ1n) is 7.66. The van der Waals surface area contributed by atoms with Crippen molar-refractivity contribution in [3.05, 3.63) is 34.1 Å². The van der Waals surface area contributed by atoms with Gasteiger partial charge in [0.2, 0.25) is 5.91 Å². The largest absolute Gasteiger partial charge is 0.351 e. The molecular weight excluding hydrogens is 302 g/mol. The summed E-state index contributed by atoms with van der Waals surface area (Å²) >= 11 is 0. The van der Waals surface area contributed by atoms with Crippen molar-refractivity contribution in [2.24, 2.45) is 0 Å². The number of hydrogen-bond donors (Lipinski definition) is 1. The highest BCUT2D eigenvalue weighted by Crippen LogP contribution is 2.10. The minimum Gasteiger partial charge on any atom is -0.351 e. The molecule has 0 unspecified atom stereocenters. The summed E-state index contributed by atoms with van der Waals surface area (Å²) in [6.45, 7) is 5.09. The number of nitrogens with zero attached hydrogens (tertiary/aromatic N) is 2. The van der Waals surface area contributed by atoms with Crippen LogP contribution in [0.4, 0.5) is 5.69 Å². The van der Waals surface area contributed by atoms with E-state index in [1.165, 1.54) is 12.3 Å². The number of carbonyl (C=O) groups excluding carboxylic acids is 1. The van der Waals surface area contributed by atoms with Gasteiger partial charge in [0, 0.05) is 31.4 Å². The lowest BCUT2D eigenvalue weighted by Gasteiger charge is -2.17. The molecule has 0 aromatic carbocycles. The summed E-state index contributed by atoms with van der Waals surface area (Å²) in [6, 6.07) is 3.02. The van der Waals surface area contributed by atoms with Crippen LogP contribution in [-0.4, -0.2) is 41.9 Å². The van der Waals surface area contributed by atoms with Gasteiger partial charge in [-0.05, 0) is 32.8 Å². The van der Waals surface area contributed by atoms with E-state index in [1.54, 1.807) is 6.07 Å². The second-order valence-corrected chi connectivity index (χ2v) is 4.76. The van der Waals surface area contributed by atoms with E-state index >= 15 is 0 Å².